The molecule has 0 aliphatic carbocycles. The normalized spacial score (nSPS) is 13.1. The number of fused-ring (bicyclic) bond motifs is 1. The summed E-state index contributed by atoms with van der Waals surface area (Å²) in [4.78, 5) is 16.1. The zero-order valence-electron chi connectivity index (χ0n) is 11.4. The third-order valence-corrected chi connectivity index (χ3v) is 3.31. The van der Waals surface area contributed by atoms with E-state index in [1.807, 2.05) is 13.1 Å². The number of imidazole rings is 1. The molecule has 2 aromatic rings. The maximum absolute atomic E-state index is 11.9. The maximum Gasteiger partial charge on any atom is 0.271 e. The molecule has 0 unspecified atom stereocenters. The van der Waals surface area contributed by atoms with Crippen LogP contribution >= 0.6 is 0 Å². The molecule has 0 spiro atoms. The molecule has 3 heterocycles. The van der Waals surface area contributed by atoms with E-state index in [4.69, 9.17) is 4.74 Å². The molecule has 0 fully saturated rings. The predicted octanol–water partition coefficient (Wildman–Crippen LogP) is 0.601. The highest BCUT2D eigenvalue weighted by Crippen LogP contribution is 2.18. The molecule has 0 saturated heterocycles. The van der Waals surface area contributed by atoms with E-state index in [0.717, 1.165) is 18.8 Å². The Balaban J connectivity index is 1.46. The summed E-state index contributed by atoms with van der Waals surface area (Å²) in [6.07, 6.45) is 4.57. The maximum atomic E-state index is 11.9. The molecule has 0 bridgehead atoms. The highest BCUT2D eigenvalue weighted by molar-refractivity contribution is 5.92. The van der Waals surface area contributed by atoms with Gasteiger partial charge >= 0.3 is 0 Å². The summed E-state index contributed by atoms with van der Waals surface area (Å²) >= 11 is 0. The summed E-state index contributed by atoms with van der Waals surface area (Å²) in [7, 11) is 0. The van der Waals surface area contributed by atoms with Gasteiger partial charge < -0.3 is 14.6 Å². The number of nitrogens with zero attached hydrogens (tertiary/aromatic N) is 4. The van der Waals surface area contributed by atoms with Crippen LogP contribution in [0.2, 0.25) is 0 Å². The van der Waals surface area contributed by atoms with Crippen LogP contribution in [-0.2, 0) is 13.1 Å². The Morgan fingerprint density at radius 1 is 1.55 bits per heavy atom. The minimum Gasteiger partial charge on any atom is -0.476 e. The molecular formula is C13H17N5O2. The highest BCUT2D eigenvalue weighted by Gasteiger charge is 2.18. The minimum atomic E-state index is -0.155. The summed E-state index contributed by atoms with van der Waals surface area (Å²) in [6, 6.07) is 1.68. The Bertz CT molecular complexity index is 595. The van der Waals surface area contributed by atoms with Crippen molar-refractivity contribution < 1.29 is 9.53 Å². The van der Waals surface area contributed by atoms with E-state index in [2.05, 4.69) is 20.0 Å². The molecule has 1 amide bonds. The minimum absolute atomic E-state index is 0.155. The Morgan fingerprint density at radius 3 is 3.20 bits per heavy atom. The number of hydrogen-bond acceptors (Lipinski definition) is 4. The Hall–Kier alpha value is -2.31. The lowest BCUT2D eigenvalue weighted by Gasteiger charge is -2.05. The van der Waals surface area contributed by atoms with E-state index in [-0.39, 0.29) is 5.91 Å². The van der Waals surface area contributed by atoms with Crippen LogP contribution in [-0.4, -0.2) is 38.4 Å². The molecule has 0 atom stereocenters. The Morgan fingerprint density at radius 2 is 2.45 bits per heavy atom. The van der Waals surface area contributed by atoms with Crippen LogP contribution in [0.3, 0.4) is 0 Å². The second-order valence-corrected chi connectivity index (χ2v) is 4.72. The second-order valence-electron chi connectivity index (χ2n) is 4.72. The van der Waals surface area contributed by atoms with Gasteiger partial charge in [-0.15, -0.1) is 0 Å². The molecule has 0 radical (unpaired) electrons. The van der Waals surface area contributed by atoms with Gasteiger partial charge in [-0.1, -0.05) is 0 Å². The molecule has 1 aliphatic heterocycles. The predicted molar refractivity (Wildman–Crippen MR) is 71.6 cm³/mol. The average Bonchev–Trinajstić information content (AvgIpc) is 3.09. The number of carbonyl (C=O) groups is 1. The second kappa shape index (κ2) is 5.36. The quantitative estimate of drug-likeness (QED) is 0.811. The van der Waals surface area contributed by atoms with Gasteiger partial charge in [0.25, 0.3) is 5.91 Å². The van der Waals surface area contributed by atoms with Gasteiger partial charge in [-0.25, -0.2) is 9.67 Å². The number of ether oxygens (including phenoxy) is 1. The smallest absolute Gasteiger partial charge is 0.271 e. The third-order valence-electron chi connectivity index (χ3n) is 3.31. The number of nitrogens with one attached hydrogen (secondary N) is 1. The van der Waals surface area contributed by atoms with Gasteiger partial charge in [-0.2, -0.15) is 5.10 Å². The monoisotopic (exact) mass is 275 g/mol. The van der Waals surface area contributed by atoms with E-state index in [1.165, 1.54) is 0 Å². The number of aromatic nitrogens is 4. The van der Waals surface area contributed by atoms with Crippen molar-refractivity contribution in [3.8, 4) is 5.88 Å². The molecular weight excluding hydrogens is 258 g/mol. The molecule has 20 heavy (non-hydrogen) atoms. The molecule has 7 heteroatoms. The van der Waals surface area contributed by atoms with Crippen molar-refractivity contribution in [1.29, 1.82) is 0 Å². The molecule has 0 saturated carbocycles. The number of rotatable bonds is 5. The fourth-order valence-corrected chi connectivity index (χ4v) is 2.21. The largest absolute Gasteiger partial charge is 0.476 e. The van der Waals surface area contributed by atoms with Crippen LogP contribution in [0.5, 0.6) is 5.88 Å². The van der Waals surface area contributed by atoms with Crippen LogP contribution in [0, 0.1) is 6.92 Å². The van der Waals surface area contributed by atoms with Gasteiger partial charge in [0, 0.05) is 31.5 Å². The summed E-state index contributed by atoms with van der Waals surface area (Å²) in [6.45, 7) is 4.76. The SMILES string of the molecule is Cc1nccn1CCCNC(=O)c1cc2n(n1)CCO2. The van der Waals surface area contributed by atoms with Crippen molar-refractivity contribution >= 4 is 5.91 Å². The number of amides is 1. The standard InChI is InChI=1S/C13H17N5O2/c1-10-14-4-6-17(10)5-2-3-15-13(19)11-9-12-18(16-11)7-8-20-12/h4,6,9H,2-3,5,7-8H2,1H3,(H,15,19). The fraction of sp³-hybridized carbons (Fsp3) is 0.462. The number of carbonyl (C=O) groups excluding carboxylic acids is 1. The van der Waals surface area contributed by atoms with E-state index < -0.39 is 0 Å². The van der Waals surface area contributed by atoms with E-state index in [9.17, 15) is 4.79 Å². The van der Waals surface area contributed by atoms with Gasteiger partial charge in [-0.05, 0) is 13.3 Å². The lowest BCUT2D eigenvalue weighted by molar-refractivity contribution is 0.0946. The van der Waals surface area contributed by atoms with Gasteiger partial charge in [-0.3, -0.25) is 4.79 Å². The third kappa shape index (κ3) is 2.52. The topological polar surface area (TPSA) is 74.0 Å². The summed E-state index contributed by atoms with van der Waals surface area (Å²) in [5.74, 6) is 1.50. The van der Waals surface area contributed by atoms with Crippen LogP contribution in [0.15, 0.2) is 18.5 Å². The van der Waals surface area contributed by atoms with Crippen molar-refractivity contribution in [3.05, 3.63) is 30.0 Å². The lowest BCUT2D eigenvalue weighted by atomic mass is 10.3. The lowest BCUT2D eigenvalue weighted by Crippen LogP contribution is -2.26. The molecule has 0 aromatic carbocycles. The van der Waals surface area contributed by atoms with Gasteiger partial charge in [0.15, 0.2) is 5.69 Å². The van der Waals surface area contributed by atoms with Crippen molar-refractivity contribution in [2.75, 3.05) is 13.2 Å². The van der Waals surface area contributed by atoms with Crippen LogP contribution < -0.4 is 10.1 Å². The van der Waals surface area contributed by atoms with Crippen molar-refractivity contribution in [3.63, 3.8) is 0 Å². The first-order valence-corrected chi connectivity index (χ1v) is 6.70. The van der Waals surface area contributed by atoms with Gasteiger partial charge in [0.05, 0.1) is 6.54 Å². The molecule has 1 aliphatic rings. The van der Waals surface area contributed by atoms with E-state index in [1.54, 1.807) is 16.9 Å². The summed E-state index contributed by atoms with van der Waals surface area (Å²) in [5, 5.41) is 7.06. The highest BCUT2D eigenvalue weighted by atomic mass is 16.5. The van der Waals surface area contributed by atoms with Crippen molar-refractivity contribution in [2.45, 2.75) is 26.4 Å². The van der Waals surface area contributed by atoms with Crippen LogP contribution in [0.25, 0.3) is 0 Å². The van der Waals surface area contributed by atoms with Crippen LogP contribution in [0.4, 0.5) is 0 Å². The summed E-state index contributed by atoms with van der Waals surface area (Å²) < 4.78 is 9.10. The van der Waals surface area contributed by atoms with E-state index >= 15 is 0 Å². The first-order chi connectivity index (χ1) is 9.74. The Labute approximate surface area is 116 Å². The Kier molecular flexibility index (Phi) is 3.41. The molecule has 3 rings (SSSR count). The first kappa shape index (κ1) is 12.7. The average molecular weight is 275 g/mol. The zero-order valence-corrected chi connectivity index (χ0v) is 11.4. The number of hydrogen-bond donors (Lipinski definition) is 1. The number of aryl methyl sites for hydroxylation is 2. The van der Waals surface area contributed by atoms with Gasteiger partial charge in [0.2, 0.25) is 5.88 Å². The van der Waals surface area contributed by atoms with E-state index in [0.29, 0.717) is 31.3 Å². The molecule has 7 nitrogen and oxygen atoms in total. The fourth-order valence-electron chi connectivity index (χ4n) is 2.21. The van der Waals surface area contributed by atoms with Crippen LogP contribution in [0.1, 0.15) is 22.7 Å². The molecule has 2 aromatic heterocycles. The van der Waals surface area contributed by atoms with Gasteiger partial charge in [0.1, 0.15) is 12.4 Å². The zero-order chi connectivity index (χ0) is 13.9. The molecule has 106 valence electrons. The van der Waals surface area contributed by atoms with Crippen molar-refractivity contribution in [2.24, 2.45) is 0 Å². The molecule has 1 N–H and O–H groups in total. The van der Waals surface area contributed by atoms with Crippen molar-refractivity contribution in [1.82, 2.24) is 24.6 Å². The first-order valence-electron chi connectivity index (χ1n) is 6.70. The summed E-state index contributed by atoms with van der Waals surface area (Å²) in [5.41, 5.74) is 0.415.